The molecule has 2 aromatic rings. The summed E-state index contributed by atoms with van der Waals surface area (Å²) in [6.45, 7) is 5.78. The van der Waals surface area contributed by atoms with Gasteiger partial charge in [-0.05, 0) is 36.8 Å². The molecule has 0 unspecified atom stereocenters. The second kappa shape index (κ2) is 4.79. The third-order valence-electron chi connectivity index (χ3n) is 2.47. The summed E-state index contributed by atoms with van der Waals surface area (Å²) in [7, 11) is 0. The van der Waals surface area contributed by atoms with Gasteiger partial charge in [-0.2, -0.15) is 0 Å². The summed E-state index contributed by atoms with van der Waals surface area (Å²) in [5, 5.41) is 0. The van der Waals surface area contributed by atoms with Gasteiger partial charge in [0.1, 0.15) is 5.75 Å². The number of aromatic nitrogens is 1. The van der Waals surface area contributed by atoms with E-state index in [-0.39, 0.29) is 0 Å². The number of benzene rings is 1. The molecule has 1 aromatic heterocycles. The van der Waals surface area contributed by atoms with Crippen molar-refractivity contribution in [1.29, 1.82) is 0 Å². The third-order valence-corrected chi connectivity index (χ3v) is 2.47. The molecule has 0 amide bonds. The molecule has 18 heavy (non-hydrogen) atoms. The van der Waals surface area contributed by atoms with Gasteiger partial charge in [0.25, 0.3) is 0 Å². The fraction of sp³-hybridized carbons (Fsp3) is 0.0714. The van der Waals surface area contributed by atoms with Gasteiger partial charge in [-0.1, -0.05) is 6.58 Å². The number of anilines is 2. The van der Waals surface area contributed by atoms with Crippen molar-refractivity contribution in [2.24, 2.45) is 0 Å². The zero-order valence-corrected chi connectivity index (χ0v) is 10.2. The first-order valence-corrected chi connectivity index (χ1v) is 5.51. The molecule has 2 rings (SSSR count). The molecule has 1 aromatic carbocycles. The van der Waals surface area contributed by atoms with E-state index in [1.807, 2.05) is 13.0 Å². The number of hydrogen-bond acceptors (Lipinski definition) is 4. The summed E-state index contributed by atoms with van der Waals surface area (Å²) in [6.07, 6.45) is 1.55. The first-order chi connectivity index (χ1) is 8.56. The van der Waals surface area contributed by atoms with E-state index in [4.69, 9.17) is 16.2 Å². The van der Waals surface area contributed by atoms with Crippen LogP contribution in [0.2, 0.25) is 0 Å². The van der Waals surface area contributed by atoms with E-state index in [0.29, 0.717) is 23.0 Å². The first-order valence-electron chi connectivity index (χ1n) is 5.51. The molecule has 0 aliphatic heterocycles. The SMILES string of the molecule is C=C(C)c1cc(Oc2ccc(N)cn2)ccc1N. The number of nitrogens with zero attached hydrogens (tertiary/aromatic N) is 1. The number of hydrogen-bond donors (Lipinski definition) is 2. The van der Waals surface area contributed by atoms with Crippen LogP contribution in [0.15, 0.2) is 43.1 Å². The molecule has 0 radical (unpaired) electrons. The zero-order chi connectivity index (χ0) is 13.1. The highest BCUT2D eigenvalue weighted by molar-refractivity contribution is 5.73. The maximum atomic E-state index is 5.86. The lowest BCUT2D eigenvalue weighted by molar-refractivity contribution is 0.463. The molecule has 0 aliphatic carbocycles. The maximum absolute atomic E-state index is 5.86. The van der Waals surface area contributed by atoms with E-state index in [2.05, 4.69) is 11.6 Å². The van der Waals surface area contributed by atoms with Crippen LogP contribution in [-0.2, 0) is 0 Å². The minimum atomic E-state index is 0.488. The lowest BCUT2D eigenvalue weighted by Gasteiger charge is -2.09. The van der Waals surface area contributed by atoms with Crippen molar-refractivity contribution < 1.29 is 4.74 Å². The summed E-state index contributed by atoms with van der Waals surface area (Å²) in [4.78, 5) is 4.07. The Morgan fingerprint density at radius 1 is 1.22 bits per heavy atom. The Morgan fingerprint density at radius 3 is 2.61 bits per heavy atom. The van der Waals surface area contributed by atoms with Gasteiger partial charge >= 0.3 is 0 Å². The zero-order valence-electron chi connectivity index (χ0n) is 10.2. The minimum absolute atomic E-state index is 0.488. The molecule has 0 saturated carbocycles. The number of rotatable bonds is 3. The van der Waals surface area contributed by atoms with Crippen LogP contribution in [0.1, 0.15) is 12.5 Å². The molecule has 1 heterocycles. The Balaban J connectivity index is 2.27. The van der Waals surface area contributed by atoms with Crippen LogP contribution in [0.5, 0.6) is 11.6 Å². The number of pyridine rings is 1. The van der Waals surface area contributed by atoms with Gasteiger partial charge in [0.15, 0.2) is 0 Å². The van der Waals surface area contributed by atoms with Gasteiger partial charge in [-0.15, -0.1) is 0 Å². The molecule has 0 saturated heterocycles. The summed E-state index contributed by atoms with van der Waals surface area (Å²) in [5.41, 5.74) is 14.5. The Morgan fingerprint density at radius 2 is 2.00 bits per heavy atom. The Kier molecular flexibility index (Phi) is 3.19. The highest BCUT2D eigenvalue weighted by atomic mass is 16.5. The van der Waals surface area contributed by atoms with E-state index < -0.39 is 0 Å². The number of ether oxygens (including phenoxy) is 1. The van der Waals surface area contributed by atoms with Gasteiger partial charge in [-0.3, -0.25) is 0 Å². The largest absolute Gasteiger partial charge is 0.439 e. The van der Waals surface area contributed by atoms with Crippen LogP contribution < -0.4 is 16.2 Å². The normalized spacial score (nSPS) is 10.1. The molecule has 4 heteroatoms. The van der Waals surface area contributed by atoms with Crippen molar-refractivity contribution in [2.75, 3.05) is 11.5 Å². The first kappa shape index (κ1) is 12.0. The average molecular weight is 241 g/mol. The number of allylic oxidation sites excluding steroid dienone is 1. The molecule has 0 spiro atoms. The van der Waals surface area contributed by atoms with Gasteiger partial charge in [0.05, 0.1) is 11.9 Å². The fourth-order valence-electron chi connectivity index (χ4n) is 1.54. The number of nitrogens with two attached hydrogens (primary N) is 2. The average Bonchev–Trinajstić information content (AvgIpc) is 2.34. The third kappa shape index (κ3) is 2.60. The van der Waals surface area contributed by atoms with Crippen LogP contribution in [0.25, 0.3) is 5.57 Å². The molecule has 0 atom stereocenters. The molecule has 0 fully saturated rings. The fourth-order valence-corrected chi connectivity index (χ4v) is 1.54. The van der Waals surface area contributed by atoms with Crippen LogP contribution in [0.4, 0.5) is 11.4 Å². The summed E-state index contributed by atoms with van der Waals surface area (Å²) in [5.74, 6) is 1.15. The smallest absolute Gasteiger partial charge is 0.219 e. The van der Waals surface area contributed by atoms with Crippen molar-refractivity contribution in [3.8, 4) is 11.6 Å². The summed E-state index contributed by atoms with van der Waals surface area (Å²) >= 11 is 0. The maximum Gasteiger partial charge on any atom is 0.219 e. The van der Waals surface area contributed by atoms with Gasteiger partial charge in [-0.25, -0.2) is 4.98 Å². The van der Waals surface area contributed by atoms with E-state index >= 15 is 0 Å². The van der Waals surface area contributed by atoms with Crippen LogP contribution in [-0.4, -0.2) is 4.98 Å². The predicted molar refractivity (Wildman–Crippen MR) is 74.3 cm³/mol. The topological polar surface area (TPSA) is 74.2 Å². The predicted octanol–water partition coefficient (Wildman–Crippen LogP) is 3.07. The molecular weight excluding hydrogens is 226 g/mol. The van der Waals surface area contributed by atoms with Crippen LogP contribution in [0.3, 0.4) is 0 Å². The van der Waals surface area contributed by atoms with Gasteiger partial charge in [0.2, 0.25) is 5.88 Å². The molecule has 0 aliphatic rings. The van der Waals surface area contributed by atoms with Crippen molar-refractivity contribution >= 4 is 16.9 Å². The molecular formula is C14H15N3O. The van der Waals surface area contributed by atoms with Crippen LogP contribution >= 0.6 is 0 Å². The monoisotopic (exact) mass is 241 g/mol. The summed E-state index contributed by atoms with van der Waals surface area (Å²) < 4.78 is 5.62. The highest BCUT2D eigenvalue weighted by Crippen LogP contribution is 2.27. The Bertz CT molecular complexity index is 576. The second-order valence-corrected chi connectivity index (χ2v) is 4.06. The lowest BCUT2D eigenvalue weighted by atomic mass is 10.1. The van der Waals surface area contributed by atoms with E-state index in [1.54, 1.807) is 30.5 Å². The van der Waals surface area contributed by atoms with E-state index in [0.717, 1.165) is 11.1 Å². The van der Waals surface area contributed by atoms with Crippen molar-refractivity contribution in [2.45, 2.75) is 6.92 Å². The molecule has 4 N–H and O–H groups in total. The Hall–Kier alpha value is -2.49. The van der Waals surface area contributed by atoms with E-state index in [1.165, 1.54) is 0 Å². The number of nitrogen functional groups attached to an aromatic ring is 2. The summed E-state index contributed by atoms with van der Waals surface area (Å²) in [6, 6.07) is 8.87. The Labute approximate surface area is 106 Å². The molecule has 0 bridgehead atoms. The van der Waals surface area contributed by atoms with E-state index in [9.17, 15) is 0 Å². The van der Waals surface area contributed by atoms with Crippen molar-refractivity contribution in [3.63, 3.8) is 0 Å². The van der Waals surface area contributed by atoms with Crippen LogP contribution in [0, 0.1) is 0 Å². The van der Waals surface area contributed by atoms with Crippen molar-refractivity contribution in [3.05, 3.63) is 48.7 Å². The molecule has 92 valence electrons. The minimum Gasteiger partial charge on any atom is -0.439 e. The second-order valence-electron chi connectivity index (χ2n) is 4.06. The van der Waals surface area contributed by atoms with Gasteiger partial charge in [0, 0.05) is 17.3 Å². The highest BCUT2D eigenvalue weighted by Gasteiger charge is 2.04. The standard InChI is InChI=1S/C14H15N3O/c1-9(2)12-7-11(4-5-13(12)16)18-14-6-3-10(15)8-17-14/h3-8H,1,15-16H2,2H3. The quantitative estimate of drug-likeness (QED) is 0.810. The molecule has 4 nitrogen and oxygen atoms in total. The lowest BCUT2D eigenvalue weighted by Crippen LogP contribution is -1.94. The van der Waals surface area contributed by atoms with Gasteiger partial charge < -0.3 is 16.2 Å². The van der Waals surface area contributed by atoms with Crippen molar-refractivity contribution in [1.82, 2.24) is 4.98 Å².